The Bertz CT molecular complexity index is 558. The molecule has 1 N–H and O–H groups in total. The van der Waals surface area contributed by atoms with Crippen molar-refractivity contribution in [1.29, 1.82) is 0 Å². The Morgan fingerprint density at radius 2 is 2.03 bits per heavy atom. The molecule has 2 amide bonds. The van der Waals surface area contributed by atoms with Crippen LogP contribution >= 0.6 is 11.6 Å². The molecule has 30 heavy (non-hydrogen) atoms. The van der Waals surface area contributed by atoms with Crippen molar-refractivity contribution in [3.63, 3.8) is 0 Å². The zero-order valence-corrected chi connectivity index (χ0v) is 19.7. The van der Waals surface area contributed by atoms with Gasteiger partial charge in [0, 0.05) is 44.6 Å². The van der Waals surface area contributed by atoms with Crippen molar-refractivity contribution >= 4 is 23.5 Å². The van der Waals surface area contributed by atoms with Gasteiger partial charge in [0.05, 0.1) is 18.3 Å². The lowest BCUT2D eigenvalue weighted by atomic mass is 9.94. The van der Waals surface area contributed by atoms with Gasteiger partial charge in [0.1, 0.15) is 5.84 Å². The van der Waals surface area contributed by atoms with Crippen molar-refractivity contribution in [1.82, 2.24) is 10.2 Å². The lowest BCUT2D eigenvalue weighted by molar-refractivity contribution is -0.0427. The van der Waals surface area contributed by atoms with Gasteiger partial charge in [-0.25, -0.2) is 9.79 Å². The van der Waals surface area contributed by atoms with Gasteiger partial charge in [-0.15, -0.1) is 11.6 Å². The molecule has 0 aliphatic carbocycles. The third-order valence-electron chi connectivity index (χ3n) is 6.16. The Hall–Kier alpha value is -1.11. The molecule has 0 bridgehead atoms. The maximum atomic E-state index is 12.7. The summed E-state index contributed by atoms with van der Waals surface area (Å²) in [5, 5.41) is 3.01. The van der Waals surface area contributed by atoms with E-state index in [9.17, 15) is 4.79 Å². The number of hydrogen-bond donors (Lipinski definition) is 1. The van der Waals surface area contributed by atoms with Gasteiger partial charge in [-0.1, -0.05) is 32.8 Å². The summed E-state index contributed by atoms with van der Waals surface area (Å²) in [4.78, 5) is 18.9. The number of carbonyl (C=O) groups is 1. The van der Waals surface area contributed by atoms with Gasteiger partial charge in [0.25, 0.3) is 0 Å². The summed E-state index contributed by atoms with van der Waals surface area (Å²) in [5.74, 6) is 1.72. The SMILES string of the molecule is CCC(CCCCCCl)OC1CCN(C(=O)NC2=NC=CC(C(CC)OC)C2)CC1. The van der Waals surface area contributed by atoms with Crippen LogP contribution in [0.5, 0.6) is 0 Å². The number of likely N-dealkylation sites (tertiary alicyclic amines) is 1. The maximum Gasteiger partial charge on any atom is 0.322 e. The number of amidine groups is 1. The highest BCUT2D eigenvalue weighted by atomic mass is 35.5. The number of ether oxygens (including phenoxy) is 2. The van der Waals surface area contributed by atoms with Crippen LogP contribution in [0.15, 0.2) is 17.3 Å². The molecule has 0 radical (unpaired) electrons. The summed E-state index contributed by atoms with van der Waals surface area (Å²) >= 11 is 5.76. The second-order valence-corrected chi connectivity index (χ2v) is 8.67. The number of urea groups is 1. The van der Waals surface area contributed by atoms with E-state index in [2.05, 4.69) is 30.2 Å². The zero-order valence-electron chi connectivity index (χ0n) is 18.9. The molecule has 6 nitrogen and oxygen atoms in total. The van der Waals surface area contributed by atoms with Crippen molar-refractivity contribution in [2.45, 2.75) is 89.9 Å². The highest BCUT2D eigenvalue weighted by molar-refractivity contribution is 6.17. The topological polar surface area (TPSA) is 63.2 Å². The van der Waals surface area contributed by atoms with Gasteiger partial charge in [-0.3, -0.25) is 5.32 Å². The fourth-order valence-electron chi connectivity index (χ4n) is 4.25. The molecule has 2 heterocycles. The van der Waals surface area contributed by atoms with Crippen LogP contribution in [0.1, 0.15) is 71.6 Å². The number of carbonyl (C=O) groups excluding carboxylic acids is 1. The minimum atomic E-state index is -0.0557. The Morgan fingerprint density at radius 3 is 2.67 bits per heavy atom. The molecule has 0 aromatic carbocycles. The highest BCUT2D eigenvalue weighted by Gasteiger charge is 2.27. The van der Waals surface area contributed by atoms with Crippen molar-refractivity contribution in [2.75, 3.05) is 26.1 Å². The summed E-state index contributed by atoms with van der Waals surface area (Å²) in [6.45, 7) is 5.75. The van der Waals surface area contributed by atoms with Crippen LogP contribution in [-0.4, -0.2) is 61.2 Å². The monoisotopic (exact) mass is 441 g/mol. The Balaban J connectivity index is 1.72. The molecule has 172 valence electrons. The van der Waals surface area contributed by atoms with E-state index >= 15 is 0 Å². The molecule has 0 spiro atoms. The molecular formula is C23H40ClN3O3. The van der Waals surface area contributed by atoms with Crippen LogP contribution in [0.2, 0.25) is 0 Å². The molecule has 2 aliphatic heterocycles. The summed E-state index contributed by atoms with van der Waals surface area (Å²) in [7, 11) is 1.74. The van der Waals surface area contributed by atoms with Gasteiger partial charge < -0.3 is 14.4 Å². The Labute approximate surface area is 187 Å². The number of halogens is 1. The lowest BCUT2D eigenvalue weighted by Gasteiger charge is -2.34. The quantitative estimate of drug-likeness (QED) is 0.358. The highest BCUT2D eigenvalue weighted by Crippen LogP contribution is 2.22. The van der Waals surface area contributed by atoms with Crippen LogP contribution in [-0.2, 0) is 9.47 Å². The first-order valence-electron chi connectivity index (χ1n) is 11.6. The third kappa shape index (κ3) is 8.20. The number of nitrogens with one attached hydrogen (secondary N) is 1. The van der Waals surface area contributed by atoms with E-state index in [0.29, 0.717) is 12.5 Å². The van der Waals surface area contributed by atoms with Gasteiger partial charge in [-0.05, 0) is 38.5 Å². The van der Waals surface area contributed by atoms with Crippen molar-refractivity contribution < 1.29 is 14.3 Å². The fraction of sp³-hybridized carbons (Fsp3) is 0.826. The first-order chi connectivity index (χ1) is 14.6. The van der Waals surface area contributed by atoms with E-state index in [0.717, 1.165) is 63.3 Å². The average molecular weight is 442 g/mol. The van der Waals surface area contributed by atoms with Gasteiger partial charge in [-0.2, -0.15) is 0 Å². The van der Waals surface area contributed by atoms with Crippen molar-refractivity contribution in [3.8, 4) is 0 Å². The normalized spacial score (nSPS) is 21.9. The van der Waals surface area contributed by atoms with Gasteiger partial charge >= 0.3 is 6.03 Å². The number of unbranched alkanes of at least 4 members (excludes halogenated alkanes) is 2. The summed E-state index contributed by atoms with van der Waals surface area (Å²) in [6.07, 6.45) is 13.6. The summed E-state index contributed by atoms with van der Waals surface area (Å²) < 4.78 is 11.9. The van der Waals surface area contributed by atoms with Crippen LogP contribution in [0.25, 0.3) is 0 Å². The number of hydrogen-bond acceptors (Lipinski definition) is 4. The number of nitrogens with zero attached hydrogens (tertiary/aromatic N) is 2. The van der Waals surface area contributed by atoms with E-state index in [1.165, 1.54) is 12.8 Å². The third-order valence-corrected chi connectivity index (χ3v) is 6.42. The number of amides is 2. The molecule has 2 rings (SSSR count). The number of rotatable bonds is 11. The lowest BCUT2D eigenvalue weighted by Crippen LogP contribution is -2.48. The molecule has 0 aromatic rings. The Kier molecular flexibility index (Phi) is 11.8. The van der Waals surface area contributed by atoms with Crippen molar-refractivity contribution in [2.24, 2.45) is 10.9 Å². The van der Waals surface area contributed by atoms with E-state index < -0.39 is 0 Å². The molecular weight excluding hydrogens is 402 g/mol. The predicted octanol–water partition coefficient (Wildman–Crippen LogP) is 5.11. The smallest absolute Gasteiger partial charge is 0.322 e. The summed E-state index contributed by atoms with van der Waals surface area (Å²) in [6, 6.07) is -0.0557. The first-order valence-corrected chi connectivity index (χ1v) is 12.2. The van der Waals surface area contributed by atoms with E-state index in [1.807, 2.05) is 4.90 Å². The number of alkyl halides is 1. The molecule has 0 aromatic heterocycles. The van der Waals surface area contributed by atoms with Crippen LogP contribution in [0, 0.1) is 5.92 Å². The minimum Gasteiger partial charge on any atom is -0.381 e. The molecule has 3 unspecified atom stereocenters. The fourth-order valence-corrected chi connectivity index (χ4v) is 4.44. The maximum absolute atomic E-state index is 12.7. The molecule has 0 saturated carbocycles. The number of methoxy groups -OCH3 is 1. The minimum absolute atomic E-state index is 0.0557. The molecule has 2 aliphatic rings. The largest absolute Gasteiger partial charge is 0.381 e. The number of piperidine rings is 1. The second kappa shape index (κ2) is 14.0. The van der Waals surface area contributed by atoms with Crippen LogP contribution < -0.4 is 5.32 Å². The predicted molar refractivity (Wildman–Crippen MR) is 123 cm³/mol. The van der Waals surface area contributed by atoms with E-state index in [1.54, 1.807) is 13.3 Å². The first kappa shape index (κ1) is 25.2. The number of aliphatic imine (C=N–C) groups is 1. The standard InChI is InChI=1S/C23H40ClN3O3/c1-4-19(9-7-6-8-13-24)30-20-11-15-27(16-12-20)23(28)26-22-17-18(10-14-25-22)21(5-2)29-3/h10,14,18-21H,4-9,11-13,15-17H2,1-3H3,(H,25,26,28). The molecule has 3 atom stereocenters. The Morgan fingerprint density at radius 1 is 1.27 bits per heavy atom. The van der Waals surface area contributed by atoms with E-state index in [4.69, 9.17) is 21.1 Å². The van der Waals surface area contributed by atoms with Crippen molar-refractivity contribution in [3.05, 3.63) is 12.3 Å². The van der Waals surface area contributed by atoms with Gasteiger partial charge in [0.2, 0.25) is 0 Å². The van der Waals surface area contributed by atoms with Crippen LogP contribution in [0.3, 0.4) is 0 Å². The van der Waals surface area contributed by atoms with Crippen LogP contribution in [0.4, 0.5) is 4.79 Å². The molecule has 7 heteroatoms. The van der Waals surface area contributed by atoms with Gasteiger partial charge in [0.15, 0.2) is 0 Å². The van der Waals surface area contributed by atoms with E-state index in [-0.39, 0.29) is 24.2 Å². The molecule has 1 fully saturated rings. The average Bonchev–Trinajstić information content (AvgIpc) is 2.77. The second-order valence-electron chi connectivity index (χ2n) is 8.29. The molecule has 1 saturated heterocycles. The zero-order chi connectivity index (χ0) is 21.8. The summed E-state index contributed by atoms with van der Waals surface area (Å²) in [5.41, 5.74) is 0.